The van der Waals surface area contributed by atoms with Gasteiger partial charge in [-0.25, -0.2) is 18.3 Å². The Balaban J connectivity index is 0.000000605. The van der Waals surface area contributed by atoms with Crippen molar-refractivity contribution < 1.29 is 59.5 Å². The second-order valence-electron chi connectivity index (χ2n) is 6.54. The summed E-state index contributed by atoms with van der Waals surface area (Å²) in [5.41, 5.74) is 0. The standard InChI is InChI=1S/C15H22N4.2F6P/c1-3-16-10-12-18(14-16)8-6-5-7-9-19-13-11-17(4-2)15-19;2*1-7(2,3,4,5)6/h3-4,10-15H,1-2,5-9H2;;/q+2;2*-1. The predicted molar refractivity (Wildman–Crippen MR) is 103 cm³/mol. The Bertz CT molecular complexity index is 827. The Morgan fingerprint density at radius 1 is 0.576 bits per heavy atom. The topological polar surface area (TPSA) is 17.6 Å². The number of imidazole rings is 2. The molecule has 196 valence electrons. The first-order valence-electron chi connectivity index (χ1n) is 8.73. The van der Waals surface area contributed by atoms with Crippen molar-refractivity contribution in [2.24, 2.45) is 0 Å². The van der Waals surface area contributed by atoms with Gasteiger partial charge in [0.1, 0.15) is 24.8 Å². The van der Waals surface area contributed by atoms with E-state index in [1.54, 1.807) is 12.4 Å². The maximum atomic E-state index is 9.87. The molecule has 0 atom stereocenters. The number of aromatic nitrogens is 4. The molecule has 33 heavy (non-hydrogen) atoms. The number of hydrogen-bond donors (Lipinski definition) is 0. The average molecular weight is 548 g/mol. The molecule has 0 N–H and O–H groups in total. The molecule has 0 aliphatic rings. The van der Waals surface area contributed by atoms with Gasteiger partial charge < -0.3 is 0 Å². The molecule has 0 bridgehead atoms. The number of halogens is 12. The molecule has 0 aliphatic carbocycles. The fourth-order valence-corrected chi connectivity index (χ4v) is 2.07. The first-order valence-corrected chi connectivity index (χ1v) is 12.8. The molecular formula is C15H22F12N4P2. The van der Waals surface area contributed by atoms with Crippen LogP contribution >= 0.6 is 15.6 Å². The van der Waals surface area contributed by atoms with Gasteiger partial charge in [0.2, 0.25) is 12.7 Å². The summed E-state index contributed by atoms with van der Waals surface area (Å²) < 4.78 is 127. The van der Waals surface area contributed by atoms with Gasteiger partial charge in [-0.2, -0.15) is 0 Å². The van der Waals surface area contributed by atoms with Crippen molar-refractivity contribution in [3.63, 3.8) is 0 Å². The van der Waals surface area contributed by atoms with E-state index < -0.39 is 15.6 Å². The van der Waals surface area contributed by atoms with Gasteiger partial charge in [0.15, 0.2) is 0 Å². The van der Waals surface area contributed by atoms with Crippen LogP contribution in [0.2, 0.25) is 0 Å². The third kappa shape index (κ3) is 29.9. The van der Waals surface area contributed by atoms with Crippen molar-refractivity contribution in [2.75, 3.05) is 0 Å². The third-order valence-corrected chi connectivity index (χ3v) is 3.18. The molecule has 0 saturated heterocycles. The number of rotatable bonds is 8. The minimum absolute atomic E-state index is 1.07. The molecule has 2 aromatic heterocycles. The van der Waals surface area contributed by atoms with E-state index in [0.29, 0.717) is 0 Å². The first-order chi connectivity index (χ1) is 14.2. The maximum absolute atomic E-state index is 10.7. The van der Waals surface area contributed by atoms with Crippen molar-refractivity contribution in [1.82, 2.24) is 9.13 Å². The average Bonchev–Trinajstić information content (AvgIpc) is 3.17. The SMILES string of the molecule is C=Cn1cc[n+](CCCCC[n+]2ccn(C=C)c2)c1.F[P-](F)(F)(F)(F)F.F[P-](F)(F)(F)(F)F. The Morgan fingerprint density at radius 3 is 1.06 bits per heavy atom. The zero-order chi connectivity index (χ0) is 26.3. The van der Waals surface area contributed by atoms with Crippen LogP contribution in [0.5, 0.6) is 0 Å². The van der Waals surface area contributed by atoms with Gasteiger partial charge in [-0.1, -0.05) is 13.2 Å². The van der Waals surface area contributed by atoms with Crippen molar-refractivity contribution in [2.45, 2.75) is 32.4 Å². The Hall–Kier alpha value is -2.08. The number of nitrogens with zero attached hydrogens (tertiary/aromatic N) is 4. The van der Waals surface area contributed by atoms with E-state index in [1.165, 1.54) is 19.3 Å². The van der Waals surface area contributed by atoms with Crippen LogP contribution in [0.3, 0.4) is 0 Å². The summed E-state index contributed by atoms with van der Waals surface area (Å²) in [6.07, 6.45) is 19.6. The molecule has 0 aliphatic heterocycles. The molecule has 0 aromatic carbocycles. The minimum atomic E-state index is -10.7. The van der Waals surface area contributed by atoms with Crippen LogP contribution in [0, 0.1) is 0 Å². The van der Waals surface area contributed by atoms with Crippen LogP contribution in [0.25, 0.3) is 12.4 Å². The van der Waals surface area contributed by atoms with E-state index in [-0.39, 0.29) is 0 Å². The van der Waals surface area contributed by atoms with Crippen LogP contribution < -0.4 is 9.13 Å². The van der Waals surface area contributed by atoms with E-state index in [4.69, 9.17) is 0 Å². The summed E-state index contributed by atoms with van der Waals surface area (Å²) in [5, 5.41) is 0. The van der Waals surface area contributed by atoms with Crippen molar-refractivity contribution in [3.05, 3.63) is 50.6 Å². The summed E-state index contributed by atoms with van der Waals surface area (Å²) in [4.78, 5) is 0. The van der Waals surface area contributed by atoms with Crippen LogP contribution in [-0.4, -0.2) is 9.13 Å². The van der Waals surface area contributed by atoms with Crippen LogP contribution in [-0.2, 0) is 13.1 Å². The molecule has 18 heteroatoms. The number of hydrogen-bond acceptors (Lipinski definition) is 0. The summed E-state index contributed by atoms with van der Waals surface area (Å²) >= 11 is 0. The molecule has 2 aromatic rings. The zero-order valence-electron chi connectivity index (χ0n) is 16.8. The summed E-state index contributed by atoms with van der Waals surface area (Å²) in [7, 11) is -21.3. The number of unbranched alkanes of at least 4 members (excludes halogenated alkanes) is 2. The normalized spacial score (nSPS) is 15.9. The Kier molecular flexibility index (Phi) is 8.37. The summed E-state index contributed by atoms with van der Waals surface area (Å²) in [6.45, 7) is 9.61. The first kappa shape index (κ1) is 30.9. The number of aryl methyl sites for hydroxylation is 2. The monoisotopic (exact) mass is 548 g/mol. The quantitative estimate of drug-likeness (QED) is 0.136. The van der Waals surface area contributed by atoms with Gasteiger partial charge in [0, 0.05) is 0 Å². The van der Waals surface area contributed by atoms with E-state index in [0.717, 1.165) is 13.1 Å². The summed E-state index contributed by atoms with van der Waals surface area (Å²) in [6, 6.07) is 0. The van der Waals surface area contributed by atoms with Crippen LogP contribution in [0.1, 0.15) is 19.3 Å². The zero-order valence-corrected chi connectivity index (χ0v) is 18.6. The fraction of sp³-hybridized carbons (Fsp3) is 0.333. The molecule has 4 nitrogen and oxygen atoms in total. The molecular weight excluding hydrogens is 526 g/mol. The van der Waals surface area contributed by atoms with Crippen molar-refractivity contribution in [1.29, 1.82) is 0 Å². The van der Waals surface area contributed by atoms with Crippen molar-refractivity contribution in [3.8, 4) is 0 Å². The molecule has 0 fully saturated rings. The van der Waals surface area contributed by atoms with E-state index in [9.17, 15) is 50.4 Å². The molecule has 0 amide bonds. The molecule has 2 heterocycles. The predicted octanol–water partition coefficient (Wildman–Crippen LogP) is 8.70. The molecule has 0 spiro atoms. The second-order valence-corrected chi connectivity index (χ2v) is 10.4. The van der Waals surface area contributed by atoms with E-state index in [2.05, 4.69) is 47.3 Å². The van der Waals surface area contributed by atoms with Gasteiger partial charge in [-0.3, -0.25) is 0 Å². The van der Waals surface area contributed by atoms with Gasteiger partial charge in [0.25, 0.3) is 0 Å². The second kappa shape index (κ2) is 8.94. The summed E-state index contributed by atoms with van der Waals surface area (Å²) in [5.74, 6) is 0. The molecule has 0 unspecified atom stereocenters. The van der Waals surface area contributed by atoms with Crippen molar-refractivity contribution >= 4 is 28.0 Å². The molecule has 2 rings (SSSR count). The fourth-order valence-electron chi connectivity index (χ4n) is 2.07. The Morgan fingerprint density at radius 2 is 0.848 bits per heavy atom. The van der Waals surface area contributed by atoms with Gasteiger partial charge in [-0.15, -0.1) is 0 Å². The molecule has 0 saturated carbocycles. The van der Waals surface area contributed by atoms with Crippen LogP contribution in [0.15, 0.2) is 50.6 Å². The third-order valence-electron chi connectivity index (χ3n) is 3.18. The Labute approximate surface area is 180 Å². The van der Waals surface area contributed by atoms with Gasteiger partial charge in [0.05, 0.1) is 25.5 Å². The molecule has 0 radical (unpaired) electrons. The van der Waals surface area contributed by atoms with E-state index in [1.807, 2.05) is 21.5 Å². The van der Waals surface area contributed by atoms with Gasteiger partial charge in [-0.05, 0) is 19.3 Å². The van der Waals surface area contributed by atoms with E-state index >= 15 is 0 Å². The van der Waals surface area contributed by atoms with Crippen LogP contribution in [0.4, 0.5) is 50.4 Å². The van der Waals surface area contributed by atoms with Gasteiger partial charge >= 0.3 is 66.0 Å².